The van der Waals surface area contributed by atoms with Crippen molar-refractivity contribution in [2.75, 3.05) is 0 Å². The Hall–Kier alpha value is -3.05. The van der Waals surface area contributed by atoms with E-state index in [1.807, 2.05) is 0 Å². The van der Waals surface area contributed by atoms with Crippen LogP contribution in [0.3, 0.4) is 0 Å². The first-order chi connectivity index (χ1) is 14.3. The van der Waals surface area contributed by atoms with Crippen molar-refractivity contribution in [2.24, 2.45) is 5.41 Å². The van der Waals surface area contributed by atoms with Gasteiger partial charge in [-0.3, -0.25) is 24.0 Å². The van der Waals surface area contributed by atoms with E-state index in [4.69, 9.17) is 0 Å². The van der Waals surface area contributed by atoms with Gasteiger partial charge in [0.15, 0.2) is 22.8 Å². The van der Waals surface area contributed by atoms with E-state index in [2.05, 4.69) is 0 Å². The van der Waals surface area contributed by atoms with Crippen LogP contribution in [-0.4, -0.2) is 78.9 Å². The van der Waals surface area contributed by atoms with Crippen molar-refractivity contribution in [2.45, 2.75) is 45.2 Å². The largest absolute Gasteiger partial charge is 0.508 e. The number of ketones is 5. The summed E-state index contributed by atoms with van der Waals surface area (Å²) in [6.07, 6.45) is -8.03. The highest BCUT2D eigenvalue weighted by Crippen LogP contribution is 2.30. The van der Waals surface area contributed by atoms with Gasteiger partial charge >= 0.3 is 0 Å². The predicted molar refractivity (Wildman–Crippen MR) is 106 cm³/mol. The molecule has 5 N–H and O–H groups in total. The van der Waals surface area contributed by atoms with E-state index in [0.717, 1.165) is 26.8 Å². The van der Waals surface area contributed by atoms with Crippen LogP contribution >= 0.6 is 0 Å². The summed E-state index contributed by atoms with van der Waals surface area (Å²) in [5.41, 5.74) is -2.29. The van der Waals surface area contributed by atoms with Gasteiger partial charge < -0.3 is 25.5 Å². The topological polar surface area (TPSA) is 186 Å². The number of aliphatic hydroxyl groups is 4. The van der Waals surface area contributed by atoms with Crippen LogP contribution < -0.4 is 0 Å². The molecule has 10 heteroatoms. The first-order valence-electron chi connectivity index (χ1n) is 9.09. The fourth-order valence-electron chi connectivity index (χ4n) is 3.14. The van der Waals surface area contributed by atoms with Gasteiger partial charge in [-0.15, -0.1) is 0 Å². The summed E-state index contributed by atoms with van der Waals surface area (Å²) in [5.74, 6) is -6.17. The average Bonchev–Trinajstić information content (AvgIpc) is 2.70. The number of aliphatic hydroxyl groups excluding tert-OH is 4. The first kappa shape index (κ1) is 26.0. The summed E-state index contributed by atoms with van der Waals surface area (Å²) in [6.45, 7) is 2.47. The highest BCUT2D eigenvalue weighted by Gasteiger charge is 2.56. The Morgan fingerprint density at radius 1 is 0.806 bits per heavy atom. The van der Waals surface area contributed by atoms with Crippen LogP contribution in [0.25, 0.3) is 6.08 Å². The minimum absolute atomic E-state index is 0.0246. The van der Waals surface area contributed by atoms with Gasteiger partial charge in [-0.2, -0.15) is 0 Å². The summed E-state index contributed by atoms with van der Waals surface area (Å²) < 4.78 is 0. The molecule has 168 valence electrons. The molecule has 1 rings (SSSR count). The molecular weight excluding hydrogens is 412 g/mol. The molecule has 1 aromatic rings. The normalized spacial score (nSPS) is 15.7. The highest BCUT2D eigenvalue weighted by atomic mass is 16.4. The van der Waals surface area contributed by atoms with Crippen molar-refractivity contribution in [1.29, 1.82) is 0 Å². The van der Waals surface area contributed by atoms with E-state index < -0.39 is 58.7 Å². The smallest absolute Gasteiger partial charge is 0.233 e. The molecule has 4 atom stereocenters. The van der Waals surface area contributed by atoms with Crippen LogP contribution in [0.4, 0.5) is 0 Å². The predicted octanol–water partition coefficient (Wildman–Crippen LogP) is -1.26. The van der Waals surface area contributed by atoms with Crippen LogP contribution in [0.5, 0.6) is 5.75 Å². The van der Waals surface area contributed by atoms with Crippen molar-refractivity contribution in [3.8, 4) is 5.75 Å². The van der Waals surface area contributed by atoms with E-state index >= 15 is 0 Å². The van der Waals surface area contributed by atoms with Crippen LogP contribution in [0.1, 0.15) is 26.3 Å². The summed E-state index contributed by atoms with van der Waals surface area (Å²) in [7, 11) is 0. The SMILES string of the molecule is CC(=O)C(C(C)=O)(C(C)=O)[C@H](O)[C@H](O)[C@@H](O)[C@@H](O)C(=O)C(=O)/C=C/c1ccc(O)cc1. The maximum atomic E-state index is 12.1. The van der Waals surface area contributed by atoms with Crippen LogP contribution in [0, 0.1) is 5.41 Å². The Morgan fingerprint density at radius 2 is 1.26 bits per heavy atom. The minimum atomic E-state index is -2.72. The maximum absolute atomic E-state index is 12.1. The molecule has 0 radical (unpaired) electrons. The molecule has 0 aliphatic heterocycles. The third kappa shape index (κ3) is 5.36. The van der Waals surface area contributed by atoms with Gasteiger partial charge in [0, 0.05) is 0 Å². The summed E-state index contributed by atoms with van der Waals surface area (Å²) in [6, 6.07) is 5.51. The molecule has 0 fully saturated rings. The molecular formula is C21H24O10. The molecule has 0 saturated heterocycles. The van der Waals surface area contributed by atoms with Gasteiger partial charge in [-0.05, 0) is 44.5 Å². The zero-order chi connectivity index (χ0) is 24.1. The van der Waals surface area contributed by atoms with Crippen LogP contribution in [-0.2, 0) is 24.0 Å². The Labute approximate surface area is 177 Å². The lowest BCUT2D eigenvalue weighted by atomic mass is 9.69. The van der Waals surface area contributed by atoms with E-state index in [0.29, 0.717) is 5.56 Å². The molecule has 0 aliphatic rings. The third-order valence-electron chi connectivity index (χ3n) is 4.94. The average molecular weight is 436 g/mol. The molecule has 0 aliphatic carbocycles. The van der Waals surface area contributed by atoms with Crippen LogP contribution in [0.15, 0.2) is 30.3 Å². The van der Waals surface area contributed by atoms with Gasteiger partial charge in [-0.25, -0.2) is 0 Å². The van der Waals surface area contributed by atoms with Crippen molar-refractivity contribution >= 4 is 35.0 Å². The Bertz CT molecular complexity index is 863. The molecule has 0 aromatic heterocycles. The lowest BCUT2D eigenvalue weighted by Gasteiger charge is -2.36. The van der Waals surface area contributed by atoms with Crippen molar-refractivity contribution in [3.05, 3.63) is 35.9 Å². The zero-order valence-electron chi connectivity index (χ0n) is 17.1. The summed E-state index contributed by atoms with van der Waals surface area (Å²) in [4.78, 5) is 60.0. The number of Topliss-reactive ketones (excluding diaryl/α,β-unsaturated/α-hetero) is 4. The van der Waals surface area contributed by atoms with Gasteiger partial charge in [-0.1, -0.05) is 18.2 Å². The first-order valence-corrected chi connectivity index (χ1v) is 9.09. The minimum Gasteiger partial charge on any atom is -0.508 e. The number of allylic oxidation sites excluding steroid dienone is 1. The number of aromatic hydroxyl groups is 1. The molecule has 0 amide bonds. The molecule has 0 spiro atoms. The van der Waals surface area contributed by atoms with E-state index in [1.54, 1.807) is 0 Å². The molecule has 0 saturated carbocycles. The van der Waals surface area contributed by atoms with E-state index in [-0.39, 0.29) is 5.75 Å². The number of hydrogen-bond acceptors (Lipinski definition) is 10. The second-order valence-corrected chi connectivity index (χ2v) is 7.00. The number of carbonyl (C=O) groups is 5. The van der Waals surface area contributed by atoms with Crippen molar-refractivity contribution in [1.82, 2.24) is 0 Å². The Kier molecular flexibility index (Phi) is 8.64. The molecule has 10 nitrogen and oxygen atoms in total. The quantitative estimate of drug-likeness (QED) is 0.159. The number of phenolic OH excluding ortho intramolecular Hbond substituents is 1. The molecule has 0 bridgehead atoms. The Balaban J connectivity index is 3.05. The van der Waals surface area contributed by atoms with Gasteiger partial charge in [0.2, 0.25) is 11.6 Å². The standard InChI is InChI=1S/C21H24O10/c1-10(22)21(11(2)23,12(3)24)20(31)19(30)18(29)17(28)16(27)15(26)9-6-13-4-7-14(25)8-5-13/h4-9,17-20,25,28-31H,1-3H3/b9-6+/t17-,18-,19+,20+/m0/s1. The fraction of sp³-hybridized carbons (Fsp3) is 0.381. The molecule has 0 unspecified atom stereocenters. The maximum Gasteiger partial charge on any atom is 0.233 e. The summed E-state index contributed by atoms with van der Waals surface area (Å²) in [5, 5.41) is 49.8. The second kappa shape index (κ2) is 10.3. The number of rotatable bonds is 11. The zero-order valence-corrected chi connectivity index (χ0v) is 17.1. The number of carbonyl (C=O) groups excluding carboxylic acids is 5. The molecule has 0 heterocycles. The van der Waals surface area contributed by atoms with Gasteiger partial charge in [0.1, 0.15) is 30.2 Å². The fourth-order valence-corrected chi connectivity index (χ4v) is 3.14. The van der Waals surface area contributed by atoms with E-state index in [1.165, 1.54) is 30.3 Å². The van der Waals surface area contributed by atoms with E-state index in [9.17, 15) is 49.5 Å². The van der Waals surface area contributed by atoms with Crippen LogP contribution in [0.2, 0.25) is 0 Å². The molecule has 31 heavy (non-hydrogen) atoms. The second-order valence-electron chi connectivity index (χ2n) is 7.00. The highest BCUT2D eigenvalue weighted by molar-refractivity contribution is 6.43. The van der Waals surface area contributed by atoms with Crippen molar-refractivity contribution < 1.29 is 49.5 Å². The number of phenols is 1. The van der Waals surface area contributed by atoms with Crippen molar-refractivity contribution in [3.63, 3.8) is 0 Å². The third-order valence-corrected chi connectivity index (χ3v) is 4.94. The molecule has 1 aromatic carbocycles. The lowest BCUT2D eigenvalue weighted by Crippen LogP contribution is -2.61. The monoisotopic (exact) mass is 436 g/mol. The lowest BCUT2D eigenvalue weighted by molar-refractivity contribution is -0.172. The number of benzene rings is 1. The van der Waals surface area contributed by atoms with Gasteiger partial charge in [0.25, 0.3) is 0 Å². The summed E-state index contributed by atoms with van der Waals surface area (Å²) >= 11 is 0. The Morgan fingerprint density at radius 3 is 1.68 bits per heavy atom. The number of hydrogen-bond donors (Lipinski definition) is 5. The van der Waals surface area contributed by atoms with Gasteiger partial charge in [0.05, 0.1) is 0 Å².